The minimum Gasteiger partial charge on any atom is -0.481 e. The van der Waals surface area contributed by atoms with Crippen LogP contribution >= 0.6 is 0 Å². The Labute approximate surface area is 208 Å². The summed E-state index contributed by atoms with van der Waals surface area (Å²) in [6.07, 6.45) is 0.0463. The standard InChI is InChI=1S/C26H31N3O7/c27-25(35)20(11-14-23(31)32)29-26(36)21(12-15-24(33)34)28-22(30)13-10-17-6-8-19(9-7-17)16-18-4-2-1-3-5-18/h1-9,20-21H,10-16H2,(H2,27,35)(H,28,30)(H,29,36)(H,31,32)(H,33,34)/t20-,21-/m0/s1. The van der Waals surface area contributed by atoms with Crippen LogP contribution in [0.5, 0.6) is 0 Å². The molecule has 2 rings (SSSR count). The van der Waals surface area contributed by atoms with E-state index in [-0.39, 0.29) is 19.3 Å². The number of nitrogens with two attached hydrogens (primary N) is 1. The Balaban J connectivity index is 1.93. The van der Waals surface area contributed by atoms with E-state index in [1.54, 1.807) is 0 Å². The first-order valence-corrected chi connectivity index (χ1v) is 11.6. The molecule has 0 saturated heterocycles. The molecule has 0 heterocycles. The highest BCUT2D eigenvalue weighted by Crippen LogP contribution is 2.12. The highest BCUT2D eigenvalue weighted by atomic mass is 16.4. The first-order chi connectivity index (χ1) is 17.1. The van der Waals surface area contributed by atoms with Crippen molar-refractivity contribution < 1.29 is 34.2 Å². The predicted molar refractivity (Wildman–Crippen MR) is 131 cm³/mol. The SMILES string of the molecule is NC(=O)[C@H](CCC(=O)O)NC(=O)[C@H](CCC(=O)O)NC(=O)CCc1ccc(Cc2ccccc2)cc1. The van der Waals surface area contributed by atoms with E-state index in [9.17, 15) is 24.0 Å². The molecule has 0 aliphatic carbocycles. The molecule has 2 atom stereocenters. The quantitative estimate of drug-likeness (QED) is 0.247. The van der Waals surface area contributed by atoms with Gasteiger partial charge in [0.25, 0.3) is 0 Å². The highest BCUT2D eigenvalue weighted by molar-refractivity contribution is 5.92. The number of aryl methyl sites for hydroxylation is 1. The fraction of sp³-hybridized carbons (Fsp3) is 0.346. The third-order valence-electron chi connectivity index (χ3n) is 5.52. The van der Waals surface area contributed by atoms with E-state index in [1.807, 2.05) is 54.6 Å². The number of hydrogen-bond donors (Lipinski definition) is 5. The van der Waals surface area contributed by atoms with Crippen LogP contribution in [-0.2, 0) is 36.8 Å². The first kappa shape index (κ1) is 28.0. The van der Waals surface area contributed by atoms with Gasteiger partial charge in [-0.05, 0) is 42.4 Å². The van der Waals surface area contributed by atoms with Gasteiger partial charge in [-0.15, -0.1) is 0 Å². The van der Waals surface area contributed by atoms with E-state index >= 15 is 0 Å². The van der Waals surface area contributed by atoms with Gasteiger partial charge in [-0.2, -0.15) is 0 Å². The van der Waals surface area contributed by atoms with E-state index in [2.05, 4.69) is 10.6 Å². The summed E-state index contributed by atoms with van der Waals surface area (Å²) in [5.41, 5.74) is 8.48. The molecule has 0 saturated carbocycles. The number of aliphatic carboxylic acids is 2. The lowest BCUT2D eigenvalue weighted by Crippen LogP contribution is -2.53. The normalized spacial score (nSPS) is 12.2. The minimum atomic E-state index is -1.26. The van der Waals surface area contributed by atoms with Crippen LogP contribution in [0, 0.1) is 0 Å². The van der Waals surface area contributed by atoms with Gasteiger partial charge in [0.05, 0.1) is 0 Å². The molecule has 2 aromatic carbocycles. The molecule has 0 fully saturated rings. The van der Waals surface area contributed by atoms with Gasteiger partial charge in [-0.3, -0.25) is 24.0 Å². The molecule has 10 nitrogen and oxygen atoms in total. The van der Waals surface area contributed by atoms with Crippen molar-refractivity contribution in [1.82, 2.24) is 10.6 Å². The molecule has 0 aliphatic rings. The molecule has 0 aliphatic heterocycles. The lowest BCUT2D eigenvalue weighted by atomic mass is 10.0. The van der Waals surface area contributed by atoms with Crippen molar-refractivity contribution >= 4 is 29.7 Å². The van der Waals surface area contributed by atoms with Crippen molar-refractivity contribution in [2.75, 3.05) is 0 Å². The zero-order valence-corrected chi connectivity index (χ0v) is 19.8. The Hall–Kier alpha value is -4.21. The molecule has 10 heteroatoms. The van der Waals surface area contributed by atoms with Gasteiger partial charge in [0, 0.05) is 19.3 Å². The van der Waals surface area contributed by atoms with Gasteiger partial charge >= 0.3 is 11.9 Å². The summed E-state index contributed by atoms with van der Waals surface area (Å²) in [6, 6.07) is 15.4. The molecular formula is C26H31N3O7. The number of rotatable bonds is 15. The van der Waals surface area contributed by atoms with Crippen molar-refractivity contribution in [2.24, 2.45) is 5.73 Å². The van der Waals surface area contributed by atoms with E-state index in [0.29, 0.717) is 6.42 Å². The second kappa shape index (κ2) is 14.2. The summed E-state index contributed by atoms with van der Waals surface area (Å²) < 4.78 is 0. The van der Waals surface area contributed by atoms with E-state index < -0.39 is 54.6 Å². The van der Waals surface area contributed by atoms with Gasteiger partial charge in [-0.1, -0.05) is 54.6 Å². The van der Waals surface area contributed by atoms with Crippen LogP contribution in [0.15, 0.2) is 54.6 Å². The number of amides is 3. The van der Waals surface area contributed by atoms with E-state index in [4.69, 9.17) is 15.9 Å². The Morgan fingerprint density at radius 1 is 0.694 bits per heavy atom. The molecule has 2 aromatic rings. The molecule has 0 spiro atoms. The van der Waals surface area contributed by atoms with Crippen LogP contribution < -0.4 is 16.4 Å². The maximum absolute atomic E-state index is 12.6. The smallest absolute Gasteiger partial charge is 0.303 e. The summed E-state index contributed by atoms with van der Waals surface area (Å²) in [5.74, 6) is -4.52. The monoisotopic (exact) mass is 497 g/mol. The van der Waals surface area contributed by atoms with Gasteiger partial charge in [0.2, 0.25) is 17.7 Å². The van der Waals surface area contributed by atoms with Crippen LogP contribution in [0.1, 0.15) is 48.8 Å². The van der Waals surface area contributed by atoms with Crippen molar-refractivity contribution in [3.05, 3.63) is 71.3 Å². The molecule has 3 amide bonds. The largest absolute Gasteiger partial charge is 0.481 e. The summed E-state index contributed by atoms with van der Waals surface area (Å²) >= 11 is 0. The summed E-state index contributed by atoms with van der Waals surface area (Å²) in [7, 11) is 0. The number of carboxylic acids is 2. The van der Waals surface area contributed by atoms with Crippen molar-refractivity contribution in [1.29, 1.82) is 0 Å². The van der Waals surface area contributed by atoms with Gasteiger partial charge in [0.1, 0.15) is 12.1 Å². The Bertz CT molecular complexity index is 1050. The summed E-state index contributed by atoms with van der Waals surface area (Å²) in [6.45, 7) is 0. The number of benzene rings is 2. The predicted octanol–water partition coefficient (Wildman–Crippen LogP) is 1.39. The zero-order chi connectivity index (χ0) is 26.5. The number of carbonyl (C=O) groups is 5. The third-order valence-corrected chi connectivity index (χ3v) is 5.52. The van der Waals surface area contributed by atoms with E-state index in [1.165, 1.54) is 5.56 Å². The van der Waals surface area contributed by atoms with Crippen molar-refractivity contribution in [3.63, 3.8) is 0 Å². The molecule has 6 N–H and O–H groups in total. The molecule has 0 radical (unpaired) electrons. The van der Waals surface area contributed by atoms with E-state index in [0.717, 1.165) is 17.5 Å². The van der Waals surface area contributed by atoms with Gasteiger partial charge in [0.15, 0.2) is 0 Å². The van der Waals surface area contributed by atoms with Crippen LogP contribution in [0.25, 0.3) is 0 Å². The Morgan fingerprint density at radius 3 is 1.78 bits per heavy atom. The maximum Gasteiger partial charge on any atom is 0.303 e. The molecule has 192 valence electrons. The number of nitrogens with one attached hydrogen (secondary N) is 2. The van der Waals surface area contributed by atoms with Crippen LogP contribution in [0.4, 0.5) is 0 Å². The summed E-state index contributed by atoms with van der Waals surface area (Å²) in [5, 5.41) is 22.6. The Kier molecular flexibility index (Phi) is 11.1. The highest BCUT2D eigenvalue weighted by Gasteiger charge is 2.26. The molecule has 0 bridgehead atoms. The van der Waals surface area contributed by atoms with Crippen LogP contribution in [-0.4, -0.2) is 52.0 Å². The second-order valence-electron chi connectivity index (χ2n) is 8.43. The average Bonchev–Trinajstić information content (AvgIpc) is 2.84. The van der Waals surface area contributed by atoms with Crippen LogP contribution in [0.3, 0.4) is 0 Å². The maximum atomic E-state index is 12.6. The average molecular weight is 498 g/mol. The summed E-state index contributed by atoms with van der Waals surface area (Å²) in [4.78, 5) is 58.5. The first-order valence-electron chi connectivity index (χ1n) is 11.6. The van der Waals surface area contributed by atoms with Crippen molar-refractivity contribution in [2.45, 2.75) is 57.0 Å². The number of primary amides is 1. The van der Waals surface area contributed by atoms with Gasteiger partial charge in [-0.25, -0.2) is 0 Å². The van der Waals surface area contributed by atoms with Gasteiger partial charge < -0.3 is 26.6 Å². The Morgan fingerprint density at radius 2 is 1.22 bits per heavy atom. The lowest BCUT2D eigenvalue weighted by molar-refractivity contribution is -0.139. The van der Waals surface area contributed by atoms with Crippen LogP contribution in [0.2, 0.25) is 0 Å². The fourth-order valence-electron chi connectivity index (χ4n) is 3.54. The topological polar surface area (TPSA) is 176 Å². The lowest BCUT2D eigenvalue weighted by Gasteiger charge is -2.21. The number of hydrogen-bond acceptors (Lipinski definition) is 5. The molecular weight excluding hydrogens is 466 g/mol. The minimum absolute atomic E-state index is 0.0626. The number of carbonyl (C=O) groups excluding carboxylic acids is 3. The fourth-order valence-corrected chi connectivity index (χ4v) is 3.54. The van der Waals surface area contributed by atoms with Crippen molar-refractivity contribution in [3.8, 4) is 0 Å². The molecule has 0 aromatic heterocycles. The molecule has 36 heavy (non-hydrogen) atoms. The third kappa shape index (κ3) is 10.4. The second-order valence-corrected chi connectivity index (χ2v) is 8.43. The molecule has 0 unspecified atom stereocenters. The zero-order valence-electron chi connectivity index (χ0n) is 19.8. The number of carboxylic acid groups (broad SMARTS) is 2.